The van der Waals surface area contributed by atoms with E-state index in [1.165, 1.54) is 11.6 Å². The molecule has 2 aromatic rings. The molecule has 1 unspecified atom stereocenters. The number of benzene rings is 1. The first-order chi connectivity index (χ1) is 11.5. The second-order valence-electron chi connectivity index (χ2n) is 5.78. The van der Waals surface area contributed by atoms with Crippen molar-refractivity contribution in [3.8, 4) is 11.5 Å². The summed E-state index contributed by atoms with van der Waals surface area (Å²) in [5.74, 6) is -0.652. The summed E-state index contributed by atoms with van der Waals surface area (Å²) in [4.78, 5) is 4.18. The molecule has 1 aromatic heterocycles. The molecule has 1 aliphatic rings. The molecule has 1 aromatic carbocycles. The third kappa shape index (κ3) is 3.17. The average molecular weight is 349 g/mol. The Labute approximate surface area is 144 Å². The first-order valence-electron chi connectivity index (χ1n) is 7.76. The van der Waals surface area contributed by atoms with Crippen molar-refractivity contribution in [1.82, 2.24) is 4.98 Å². The van der Waals surface area contributed by atoms with Gasteiger partial charge in [-0.2, -0.15) is 0 Å². The maximum absolute atomic E-state index is 13.6. The highest BCUT2D eigenvalue weighted by Crippen LogP contribution is 2.38. The first-order valence-corrected chi connectivity index (χ1v) is 8.13. The van der Waals surface area contributed by atoms with Gasteiger partial charge in [0.2, 0.25) is 0 Å². The van der Waals surface area contributed by atoms with E-state index < -0.39 is 17.7 Å². The van der Waals surface area contributed by atoms with Crippen molar-refractivity contribution < 1.29 is 14.2 Å². The molecule has 0 spiro atoms. The number of aromatic nitrogens is 1. The number of nitrogens with zero attached hydrogens (tertiary/aromatic N) is 1. The van der Waals surface area contributed by atoms with Crippen LogP contribution < -0.4 is 10.5 Å². The topological polar surface area (TPSA) is 68.4 Å². The fourth-order valence-corrected chi connectivity index (χ4v) is 3.16. The van der Waals surface area contributed by atoms with Gasteiger partial charge >= 0.3 is 0 Å². The lowest BCUT2D eigenvalue weighted by Crippen LogP contribution is -2.08. The highest BCUT2D eigenvalue weighted by Gasteiger charge is 2.21. The largest absolute Gasteiger partial charge is 0.504 e. The summed E-state index contributed by atoms with van der Waals surface area (Å²) >= 11 is 6.07. The van der Waals surface area contributed by atoms with Crippen LogP contribution >= 0.6 is 11.6 Å². The molecular formula is C18H18ClFN2O2. The number of halogens is 2. The number of phenolic OH excluding ortho intramolecular Hbond substituents is 1. The monoisotopic (exact) mass is 348 g/mol. The van der Waals surface area contributed by atoms with Gasteiger partial charge in [0, 0.05) is 6.20 Å². The van der Waals surface area contributed by atoms with Gasteiger partial charge in [0.25, 0.3) is 0 Å². The number of aromatic hydroxyl groups is 1. The summed E-state index contributed by atoms with van der Waals surface area (Å²) in [5.41, 5.74) is 8.25. The van der Waals surface area contributed by atoms with Crippen LogP contribution in [-0.4, -0.2) is 10.1 Å². The van der Waals surface area contributed by atoms with Gasteiger partial charge in [-0.15, -0.1) is 0 Å². The number of allylic oxidation sites excluding steroid dienone is 2. The predicted octanol–water partition coefficient (Wildman–Crippen LogP) is 4.87. The van der Waals surface area contributed by atoms with E-state index in [0.717, 1.165) is 30.9 Å². The number of hydrogen-bond acceptors (Lipinski definition) is 4. The van der Waals surface area contributed by atoms with E-state index in [-0.39, 0.29) is 16.4 Å². The van der Waals surface area contributed by atoms with Crippen molar-refractivity contribution in [2.24, 2.45) is 0 Å². The van der Waals surface area contributed by atoms with Gasteiger partial charge in [0.05, 0.1) is 10.6 Å². The van der Waals surface area contributed by atoms with Crippen molar-refractivity contribution >= 4 is 23.0 Å². The number of ether oxygens (including phenoxy) is 1. The molecule has 6 heteroatoms. The van der Waals surface area contributed by atoms with E-state index in [0.29, 0.717) is 5.75 Å². The Bertz CT molecular complexity index is 808. The van der Waals surface area contributed by atoms with Gasteiger partial charge in [-0.3, -0.25) is 0 Å². The minimum atomic E-state index is -0.749. The molecule has 4 nitrogen and oxygen atoms in total. The fourth-order valence-electron chi connectivity index (χ4n) is 2.85. The summed E-state index contributed by atoms with van der Waals surface area (Å²) in [7, 11) is 0. The Morgan fingerprint density at radius 1 is 1.42 bits per heavy atom. The molecule has 0 bridgehead atoms. The second-order valence-corrected chi connectivity index (χ2v) is 6.19. The van der Waals surface area contributed by atoms with Crippen molar-refractivity contribution in [2.45, 2.75) is 32.3 Å². The molecule has 1 atom stereocenters. The SMILES string of the molecule is CC(Oc1cc(C2=CCCC2)cnc1N)c1c(Cl)ccc(F)c1O. The first kappa shape index (κ1) is 16.6. The molecule has 3 rings (SSSR count). The Balaban J connectivity index is 1.91. The van der Waals surface area contributed by atoms with Crippen LogP contribution in [0.5, 0.6) is 11.5 Å². The number of hydrogen-bond donors (Lipinski definition) is 2. The molecule has 3 N–H and O–H groups in total. The average Bonchev–Trinajstić information content (AvgIpc) is 3.08. The number of rotatable bonds is 4. The molecule has 0 saturated heterocycles. The fraction of sp³-hybridized carbons (Fsp3) is 0.278. The minimum absolute atomic E-state index is 0.182. The van der Waals surface area contributed by atoms with E-state index in [1.54, 1.807) is 13.1 Å². The van der Waals surface area contributed by atoms with Crippen molar-refractivity contribution in [2.75, 3.05) is 5.73 Å². The summed E-state index contributed by atoms with van der Waals surface area (Å²) in [6, 6.07) is 4.31. The van der Waals surface area contributed by atoms with Crippen molar-refractivity contribution in [3.05, 3.63) is 52.4 Å². The van der Waals surface area contributed by atoms with Crippen LogP contribution in [0.15, 0.2) is 30.5 Å². The summed E-state index contributed by atoms with van der Waals surface area (Å²) in [5, 5.41) is 10.2. The van der Waals surface area contributed by atoms with E-state index >= 15 is 0 Å². The second kappa shape index (κ2) is 6.69. The van der Waals surface area contributed by atoms with E-state index in [9.17, 15) is 9.50 Å². The summed E-state index contributed by atoms with van der Waals surface area (Å²) < 4.78 is 19.4. The number of nitrogen functional groups attached to an aromatic ring is 1. The van der Waals surface area contributed by atoms with Gasteiger partial charge < -0.3 is 15.6 Å². The summed E-state index contributed by atoms with van der Waals surface area (Å²) in [6.45, 7) is 1.67. The molecule has 126 valence electrons. The quantitative estimate of drug-likeness (QED) is 0.827. The Kier molecular flexibility index (Phi) is 4.62. The molecule has 0 aliphatic heterocycles. The third-order valence-corrected chi connectivity index (χ3v) is 4.45. The van der Waals surface area contributed by atoms with Gasteiger partial charge in [-0.05, 0) is 55.5 Å². The van der Waals surface area contributed by atoms with Crippen LogP contribution in [0, 0.1) is 5.82 Å². The maximum atomic E-state index is 13.6. The number of nitrogens with two attached hydrogens (primary N) is 1. The van der Waals surface area contributed by atoms with Crippen LogP contribution in [0.25, 0.3) is 5.57 Å². The Morgan fingerprint density at radius 2 is 2.21 bits per heavy atom. The molecule has 1 heterocycles. The molecule has 0 radical (unpaired) electrons. The highest BCUT2D eigenvalue weighted by molar-refractivity contribution is 6.31. The van der Waals surface area contributed by atoms with Crippen LogP contribution in [0.2, 0.25) is 5.02 Å². The van der Waals surface area contributed by atoms with Gasteiger partial charge in [-0.25, -0.2) is 9.37 Å². The third-order valence-electron chi connectivity index (χ3n) is 4.12. The van der Waals surface area contributed by atoms with Crippen LogP contribution in [0.3, 0.4) is 0 Å². The maximum Gasteiger partial charge on any atom is 0.166 e. The van der Waals surface area contributed by atoms with E-state index in [1.807, 2.05) is 6.07 Å². The number of phenols is 1. The Hall–Kier alpha value is -2.27. The lowest BCUT2D eigenvalue weighted by Gasteiger charge is -2.19. The van der Waals surface area contributed by atoms with Gasteiger partial charge in [0.15, 0.2) is 23.1 Å². The van der Waals surface area contributed by atoms with Crippen molar-refractivity contribution in [3.63, 3.8) is 0 Å². The minimum Gasteiger partial charge on any atom is -0.504 e. The molecule has 24 heavy (non-hydrogen) atoms. The molecule has 0 amide bonds. The zero-order valence-corrected chi connectivity index (χ0v) is 14.0. The number of pyridine rings is 1. The van der Waals surface area contributed by atoms with Gasteiger partial charge in [-0.1, -0.05) is 17.7 Å². The van der Waals surface area contributed by atoms with E-state index in [4.69, 9.17) is 22.1 Å². The smallest absolute Gasteiger partial charge is 0.166 e. The normalized spacial score (nSPS) is 15.2. The standard InChI is InChI=1S/C18H18ClFN2O2/c1-10(16-13(19)6-7-14(20)17(16)23)24-15-8-12(9-22-18(15)21)11-4-2-3-5-11/h4,6-10,23H,2-3,5H2,1H3,(H2,21,22). The summed E-state index contributed by atoms with van der Waals surface area (Å²) in [6.07, 6.45) is 6.38. The zero-order chi connectivity index (χ0) is 17.3. The van der Waals surface area contributed by atoms with Crippen LogP contribution in [-0.2, 0) is 0 Å². The molecule has 1 aliphatic carbocycles. The van der Waals surface area contributed by atoms with Gasteiger partial charge in [0.1, 0.15) is 6.10 Å². The molecule has 0 saturated carbocycles. The Morgan fingerprint density at radius 3 is 2.92 bits per heavy atom. The lowest BCUT2D eigenvalue weighted by atomic mass is 10.1. The number of anilines is 1. The van der Waals surface area contributed by atoms with Crippen LogP contribution in [0.1, 0.15) is 43.4 Å². The molecule has 0 fully saturated rings. The molecular weight excluding hydrogens is 331 g/mol. The highest BCUT2D eigenvalue weighted by atomic mass is 35.5. The lowest BCUT2D eigenvalue weighted by molar-refractivity contribution is 0.221. The zero-order valence-electron chi connectivity index (χ0n) is 13.2. The van der Waals surface area contributed by atoms with Crippen LogP contribution in [0.4, 0.5) is 10.2 Å². The van der Waals surface area contributed by atoms with Crippen molar-refractivity contribution in [1.29, 1.82) is 0 Å². The predicted molar refractivity (Wildman–Crippen MR) is 92.6 cm³/mol. The van der Waals surface area contributed by atoms with E-state index in [2.05, 4.69) is 11.1 Å².